The van der Waals surface area contributed by atoms with Gasteiger partial charge in [-0.25, -0.2) is 13.8 Å². The van der Waals surface area contributed by atoms with Crippen LogP contribution in [0.1, 0.15) is 0 Å². The minimum Gasteiger partial charge on any atom is -0.338 e. The van der Waals surface area contributed by atoms with Crippen LogP contribution in [-0.2, 0) is 0 Å². The smallest absolute Gasteiger partial charge is 0.186 e. The molecule has 19 heavy (non-hydrogen) atoms. The molecule has 0 aliphatic heterocycles. The molecular formula is C13H6Cl2F2N2. The number of rotatable bonds is 1. The lowest BCUT2D eigenvalue weighted by molar-refractivity contribution is 0.515. The molecule has 0 spiro atoms. The first-order chi connectivity index (χ1) is 9.06. The average molecular weight is 299 g/mol. The number of benzene rings is 2. The van der Waals surface area contributed by atoms with E-state index in [-0.39, 0.29) is 5.52 Å². The standard InChI is InChI=1S/C13H6Cl2F2N2/c14-7-2-1-6(5-8(7)15)13-18-10-4-3-9(16)11(17)12(10)19-13/h1-5H,(H,18,19). The van der Waals surface area contributed by atoms with Crippen LogP contribution in [0, 0.1) is 11.6 Å². The normalized spacial score (nSPS) is 11.2. The minimum absolute atomic E-state index is 0.0407. The predicted molar refractivity (Wildman–Crippen MR) is 71.5 cm³/mol. The lowest BCUT2D eigenvalue weighted by Crippen LogP contribution is -1.84. The van der Waals surface area contributed by atoms with Crippen LogP contribution < -0.4 is 0 Å². The Morgan fingerprint density at radius 2 is 1.79 bits per heavy atom. The molecule has 2 nitrogen and oxygen atoms in total. The topological polar surface area (TPSA) is 28.7 Å². The summed E-state index contributed by atoms with van der Waals surface area (Å²) in [5.41, 5.74) is 1.02. The highest BCUT2D eigenvalue weighted by atomic mass is 35.5. The number of halogens is 4. The zero-order valence-electron chi connectivity index (χ0n) is 9.35. The molecule has 0 amide bonds. The van der Waals surface area contributed by atoms with Gasteiger partial charge in [-0.15, -0.1) is 0 Å². The highest BCUT2D eigenvalue weighted by Crippen LogP contribution is 2.29. The van der Waals surface area contributed by atoms with Gasteiger partial charge in [-0.1, -0.05) is 23.2 Å². The van der Waals surface area contributed by atoms with Crippen LogP contribution >= 0.6 is 23.2 Å². The van der Waals surface area contributed by atoms with Crippen molar-refractivity contribution in [3.63, 3.8) is 0 Å². The van der Waals surface area contributed by atoms with E-state index in [2.05, 4.69) is 9.97 Å². The van der Waals surface area contributed by atoms with Gasteiger partial charge in [0.15, 0.2) is 11.6 Å². The first-order valence-electron chi connectivity index (χ1n) is 5.35. The van der Waals surface area contributed by atoms with E-state index in [4.69, 9.17) is 23.2 Å². The van der Waals surface area contributed by atoms with Crippen LogP contribution in [0.15, 0.2) is 30.3 Å². The average Bonchev–Trinajstić information content (AvgIpc) is 2.82. The number of aromatic amines is 1. The summed E-state index contributed by atoms with van der Waals surface area (Å²) in [7, 11) is 0. The van der Waals surface area contributed by atoms with Gasteiger partial charge < -0.3 is 4.98 Å². The zero-order chi connectivity index (χ0) is 13.6. The summed E-state index contributed by atoms with van der Waals surface area (Å²) < 4.78 is 26.7. The molecule has 1 aromatic heterocycles. The summed E-state index contributed by atoms with van der Waals surface area (Å²) in [4.78, 5) is 6.95. The van der Waals surface area contributed by atoms with Crippen molar-refractivity contribution < 1.29 is 8.78 Å². The van der Waals surface area contributed by atoms with Gasteiger partial charge in [0, 0.05) is 5.56 Å². The Kier molecular flexibility index (Phi) is 2.92. The molecule has 1 heterocycles. The molecule has 0 fully saturated rings. The second-order valence-electron chi connectivity index (χ2n) is 3.97. The number of aromatic nitrogens is 2. The van der Waals surface area contributed by atoms with E-state index in [1.807, 2.05) is 0 Å². The lowest BCUT2D eigenvalue weighted by Gasteiger charge is -1.99. The summed E-state index contributed by atoms with van der Waals surface area (Å²) in [6, 6.07) is 7.40. The first kappa shape index (κ1) is 12.4. The molecule has 6 heteroatoms. The molecule has 0 aliphatic carbocycles. The van der Waals surface area contributed by atoms with Crippen LogP contribution in [0.4, 0.5) is 8.78 Å². The first-order valence-corrected chi connectivity index (χ1v) is 6.11. The highest BCUT2D eigenvalue weighted by molar-refractivity contribution is 6.42. The van der Waals surface area contributed by atoms with E-state index < -0.39 is 11.6 Å². The molecule has 96 valence electrons. The Balaban J connectivity index is 2.20. The monoisotopic (exact) mass is 298 g/mol. The summed E-state index contributed by atoms with van der Waals surface area (Å²) in [6.07, 6.45) is 0. The van der Waals surface area contributed by atoms with Crippen LogP contribution in [0.5, 0.6) is 0 Å². The second-order valence-corrected chi connectivity index (χ2v) is 4.79. The fourth-order valence-corrected chi connectivity index (χ4v) is 2.10. The Morgan fingerprint density at radius 3 is 2.53 bits per heavy atom. The summed E-state index contributed by atoms with van der Waals surface area (Å²) in [5, 5.41) is 0.782. The van der Waals surface area contributed by atoms with Gasteiger partial charge in [0.05, 0.1) is 15.6 Å². The Labute approximate surface area is 117 Å². The largest absolute Gasteiger partial charge is 0.338 e. The summed E-state index contributed by atoms with van der Waals surface area (Å²) >= 11 is 11.7. The molecule has 1 N–H and O–H groups in total. The Hall–Kier alpha value is -1.65. The number of fused-ring (bicyclic) bond motifs is 1. The fraction of sp³-hybridized carbons (Fsp3) is 0. The van der Waals surface area contributed by atoms with Crippen LogP contribution in [0.25, 0.3) is 22.4 Å². The molecule has 0 atom stereocenters. The molecule has 0 radical (unpaired) electrons. The van der Waals surface area contributed by atoms with Gasteiger partial charge in [-0.05, 0) is 30.3 Å². The molecule has 0 saturated carbocycles. The zero-order valence-corrected chi connectivity index (χ0v) is 10.9. The van der Waals surface area contributed by atoms with Gasteiger partial charge in [-0.3, -0.25) is 0 Å². The third kappa shape index (κ3) is 2.07. The maximum Gasteiger partial charge on any atom is 0.186 e. The van der Waals surface area contributed by atoms with Gasteiger partial charge in [-0.2, -0.15) is 0 Å². The lowest BCUT2D eigenvalue weighted by atomic mass is 10.2. The molecule has 0 aliphatic rings. The van der Waals surface area contributed by atoms with Crippen LogP contribution in [0.2, 0.25) is 10.0 Å². The van der Waals surface area contributed by atoms with E-state index in [1.54, 1.807) is 18.2 Å². The number of nitrogens with zero attached hydrogens (tertiary/aromatic N) is 1. The molecule has 0 bridgehead atoms. The predicted octanol–water partition coefficient (Wildman–Crippen LogP) is 4.81. The van der Waals surface area contributed by atoms with Gasteiger partial charge in [0.25, 0.3) is 0 Å². The van der Waals surface area contributed by atoms with Crippen molar-refractivity contribution in [2.45, 2.75) is 0 Å². The molecule has 0 saturated heterocycles. The van der Waals surface area contributed by atoms with Crippen molar-refractivity contribution >= 4 is 34.2 Å². The van der Waals surface area contributed by atoms with Gasteiger partial charge in [0.2, 0.25) is 0 Å². The van der Waals surface area contributed by atoms with E-state index >= 15 is 0 Å². The third-order valence-corrected chi connectivity index (χ3v) is 3.48. The summed E-state index contributed by atoms with van der Waals surface area (Å²) in [5.74, 6) is -1.50. The van der Waals surface area contributed by atoms with Crippen molar-refractivity contribution in [1.82, 2.24) is 9.97 Å². The van der Waals surface area contributed by atoms with Crippen LogP contribution in [-0.4, -0.2) is 9.97 Å². The number of imidazole rings is 1. The van der Waals surface area contributed by atoms with E-state index in [0.29, 0.717) is 26.9 Å². The summed E-state index contributed by atoms with van der Waals surface area (Å²) in [6.45, 7) is 0. The van der Waals surface area contributed by atoms with Crippen molar-refractivity contribution in [2.75, 3.05) is 0 Å². The SMILES string of the molecule is Fc1ccc2[nH]c(-c3ccc(Cl)c(Cl)c3)nc2c1F. The number of H-pyrrole nitrogens is 1. The Bertz CT molecular complexity index is 784. The van der Waals surface area contributed by atoms with Crippen molar-refractivity contribution in [3.05, 3.63) is 52.0 Å². The Morgan fingerprint density at radius 1 is 1.00 bits per heavy atom. The maximum atomic E-state index is 13.6. The van der Waals surface area contributed by atoms with Gasteiger partial charge in [0.1, 0.15) is 11.3 Å². The van der Waals surface area contributed by atoms with Crippen molar-refractivity contribution in [1.29, 1.82) is 0 Å². The maximum absolute atomic E-state index is 13.6. The molecular weight excluding hydrogens is 293 g/mol. The number of hydrogen-bond donors (Lipinski definition) is 1. The highest BCUT2D eigenvalue weighted by Gasteiger charge is 2.13. The quantitative estimate of drug-likeness (QED) is 0.686. The van der Waals surface area contributed by atoms with E-state index in [9.17, 15) is 8.78 Å². The molecule has 3 aromatic rings. The molecule has 0 unspecified atom stereocenters. The molecule has 3 rings (SSSR count). The minimum atomic E-state index is -0.972. The molecule has 2 aromatic carbocycles. The van der Waals surface area contributed by atoms with Crippen molar-refractivity contribution in [3.8, 4) is 11.4 Å². The van der Waals surface area contributed by atoms with Gasteiger partial charge >= 0.3 is 0 Å². The van der Waals surface area contributed by atoms with Crippen LogP contribution in [0.3, 0.4) is 0 Å². The van der Waals surface area contributed by atoms with E-state index in [0.717, 1.165) is 6.07 Å². The third-order valence-electron chi connectivity index (χ3n) is 2.74. The van der Waals surface area contributed by atoms with E-state index in [1.165, 1.54) is 6.07 Å². The number of hydrogen-bond acceptors (Lipinski definition) is 1. The second kappa shape index (κ2) is 4.47. The fourth-order valence-electron chi connectivity index (χ4n) is 1.80. The van der Waals surface area contributed by atoms with Crippen molar-refractivity contribution in [2.24, 2.45) is 0 Å². The number of nitrogens with one attached hydrogen (secondary N) is 1.